The fourth-order valence-corrected chi connectivity index (χ4v) is 2.87. The van der Waals surface area contributed by atoms with Crippen LogP contribution in [0, 0.1) is 0 Å². The van der Waals surface area contributed by atoms with E-state index < -0.39 is 11.4 Å². The summed E-state index contributed by atoms with van der Waals surface area (Å²) in [5.74, 6) is 0. The van der Waals surface area contributed by atoms with Gasteiger partial charge in [-0.25, -0.2) is 0 Å². The van der Waals surface area contributed by atoms with Crippen molar-refractivity contribution in [2.75, 3.05) is 0 Å². The van der Waals surface area contributed by atoms with Crippen LogP contribution in [0.2, 0.25) is 0 Å². The van der Waals surface area contributed by atoms with Crippen molar-refractivity contribution in [3.05, 3.63) is 20.8 Å². The Morgan fingerprint density at radius 1 is 1.53 bits per heavy atom. The minimum absolute atomic E-state index is 0.296. The van der Waals surface area contributed by atoms with Crippen molar-refractivity contribution < 1.29 is 4.55 Å². The van der Waals surface area contributed by atoms with E-state index in [0.717, 1.165) is 15.1 Å². The summed E-state index contributed by atoms with van der Waals surface area (Å²) in [6.07, 6.45) is 0. The van der Waals surface area contributed by atoms with Gasteiger partial charge in [0.15, 0.2) is 0 Å². The van der Waals surface area contributed by atoms with Crippen LogP contribution >= 0.6 is 27.3 Å². The van der Waals surface area contributed by atoms with Gasteiger partial charge in [0.2, 0.25) is 0 Å². The maximum atomic E-state index is 11.8. The zero-order valence-corrected chi connectivity index (χ0v) is 12.4. The Morgan fingerprint density at radius 2 is 2.13 bits per heavy atom. The summed E-state index contributed by atoms with van der Waals surface area (Å²) in [6.45, 7) is 7.65. The van der Waals surface area contributed by atoms with E-state index in [-0.39, 0.29) is 4.75 Å². The highest BCUT2D eigenvalue weighted by molar-refractivity contribution is 9.10. The molecule has 0 aliphatic rings. The van der Waals surface area contributed by atoms with Crippen LogP contribution in [-0.4, -0.2) is 15.0 Å². The Balaban J connectivity index is 2.85. The fraction of sp³-hybridized carbons (Fsp3) is 0.500. The van der Waals surface area contributed by atoms with Crippen LogP contribution < -0.4 is 0 Å². The van der Waals surface area contributed by atoms with Gasteiger partial charge in [0.25, 0.3) is 0 Å². The Kier molecular flexibility index (Phi) is 4.40. The highest BCUT2D eigenvalue weighted by Gasteiger charge is 2.26. The smallest absolute Gasteiger partial charge is 0.144 e. The third kappa shape index (κ3) is 3.90. The van der Waals surface area contributed by atoms with Crippen LogP contribution in [0.1, 0.15) is 32.6 Å². The van der Waals surface area contributed by atoms with Crippen molar-refractivity contribution in [3.63, 3.8) is 0 Å². The molecule has 0 amide bonds. The van der Waals surface area contributed by atoms with Crippen molar-refractivity contribution >= 4 is 44.3 Å². The lowest BCUT2D eigenvalue weighted by molar-refractivity contribution is 0.561. The Morgan fingerprint density at radius 3 is 2.53 bits per heavy atom. The van der Waals surface area contributed by atoms with Gasteiger partial charge >= 0.3 is 0 Å². The van der Waals surface area contributed by atoms with E-state index in [1.54, 1.807) is 11.3 Å². The second kappa shape index (κ2) is 4.99. The summed E-state index contributed by atoms with van der Waals surface area (Å²) in [5.41, 5.74) is 0.832. The first-order valence-corrected chi connectivity index (χ1v) is 7.30. The van der Waals surface area contributed by atoms with E-state index >= 15 is 0 Å². The van der Waals surface area contributed by atoms with Crippen molar-refractivity contribution in [1.82, 2.24) is 0 Å². The number of halogens is 1. The monoisotopic (exact) mass is 307 g/mol. The minimum Gasteiger partial charge on any atom is -0.591 e. The Labute approximate surface area is 106 Å². The standard InChI is InChI=1S/C10H14BrNOS2/c1-7(9-5-8(11)6-14-9)12-15(13)10(2,3)4/h5-6H,1-4H3/b12-7-. The molecule has 1 aromatic rings. The SMILES string of the molecule is C/C(=N/[S+]([O-])C(C)(C)C)c1cc(Br)cs1. The van der Waals surface area contributed by atoms with Gasteiger partial charge in [-0.15, -0.1) is 11.3 Å². The molecule has 1 aromatic heterocycles. The van der Waals surface area contributed by atoms with Gasteiger partial charge < -0.3 is 4.55 Å². The number of rotatable bonds is 2. The fourth-order valence-electron chi connectivity index (χ4n) is 0.809. The minimum atomic E-state index is -1.18. The van der Waals surface area contributed by atoms with E-state index in [0.29, 0.717) is 0 Å². The molecule has 84 valence electrons. The zero-order chi connectivity index (χ0) is 11.6. The molecule has 0 aromatic carbocycles. The van der Waals surface area contributed by atoms with Crippen LogP contribution in [0.5, 0.6) is 0 Å². The summed E-state index contributed by atoms with van der Waals surface area (Å²) in [6, 6.07) is 1.99. The van der Waals surface area contributed by atoms with E-state index in [4.69, 9.17) is 0 Å². The molecular weight excluding hydrogens is 294 g/mol. The quantitative estimate of drug-likeness (QED) is 0.605. The molecule has 1 unspecified atom stereocenters. The number of nitrogens with zero attached hydrogens (tertiary/aromatic N) is 1. The lowest BCUT2D eigenvalue weighted by Gasteiger charge is -2.18. The van der Waals surface area contributed by atoms with E-state index in [9.17, 15) is 4.55 Å². The van der Waals surface area contributed by atoms with Gasteiger partial charge in [-0.1, -0.05) is 4.40 Å². The predicted octanol–water partition coefficient (Wildman–Crippen LogP) is 3.78. The molecule has 0 aliphatic carbocycles. The number of hydrogen-bond acceptors (Lipinski definition) is 3. The van der Waals surface area contributed by atoms with Crippen LogP contribution in [0.15, 0.2) is 20.3 Å². The molecule has 0 N–H and O–H groups in total. The highest BCUT2D eigenvalue weighted by Crippen LogP contribution is 2.23. The van der Waals surface area contributed by atoms with Gasteiger partial charge in [0.1, 0.15) is 21.8 Å². The molecule has 15 heavy (non-hydrogen) atoms. The molecule has 1 rings (SSSR count). The molecule has 0 fully saturated rings. The predicted molar refractivity (Wildman–Crippen MR) is 72.1 cm³/mol. The molecule has 0 aliphatic heterocycles. The van der Waals surface area contributed by atoms with E-state index in [2.05, 4.69) is 20.3 Å². The summed E-state index contributed by atoms with van der Waals surface area (Å²) < 4.78 is 16.7. The Bertz CT molecular complexity index is 368. The second-order valence-corrected chi connectivity index (χ2v) is 7.90. The maximum absolute atomic E-state index is 11.8. The lowest BCUT2D eigenvalue weighted by atomic mass is 10.3. The normalized spacial score (nSPS) is 15.5. The van der Waals surface area contributed by atoms with Gasteiger partial charge in [0.05, 0.1) is 4.88 Å². The highest BCUT2D eigenvalue weighted by atomic mass is 79.9. The molecule has 1 heterocycles. The Hall–Kier alpha value is 0.160. The van der Waals surface area contributed by atoms with Gasteiger partial charge in [-0.2, -0.15) is 0 Å². The summed E-state index contributed by atoms with van der Waals surface area (Å²) in [4.78, 5) is 1.06. The average molecular weight is 308 g/mol. The molecule has 0 radical (unpaired) electrons. The number of thiophene rings is 1. The van der Waals surface area contributed by atoms with Crippen LogP contribution in [0.3, 0.4) is 0 Å². The topological polar surface area (TPSA) is 35.4 Å². The molecule has 2 nitrogen and oxygen atoms in total. The first kappa shape index (κ1) is 13.2. The molecule has 0 spiro atoms. The maximum Gasteiger partial charge on any atom is 0.144 e. The van der Waals surface area contributed by atoms with Crippen molar-refractivity contribution in [1.29, 1.82) is 0 Å². The van der Waals surface area contributed by atoms with Crippen LogP contribution in [-0.2, 0) is 11.4 Å². The average Bonchev–Trinajstić information content (AvgIpc) is 2.50. The number of hydrogen-bond donors (Lipinski definition) is 0. The second-order valence-electron chi connectivity index (χ2n) is 4.17. The van der Waals surface area contributed by atoms with Crippen molar-refractivity contribution in [2.24, 2.45) is 4.40 Å². The van der Waals surface area contributed by atoms with Crippen LogP contribution in [0.25, 0.3) is 0 Å². The van der Waals surface area contributed by atoms with Crippen LogP contribution in [0.4, 0.5) is 0 Å². The zero-order valence-electron chi connectivity index (χ0n) is 9.20. The third-order valence-electron chi connectivity index (χ3n) is 1.67. The summed E-state index contributed by atoms with van der Waals surface area (Å²) in [7, 11) is 0. The lowest BCUT2D eigenvalue weighted by Crippen LogP contribution is -2.26. The largest absolute Gasteiger partial charge is 0.591 e. The molecule has 0 saturated carbocycles. The third-order valence-corrected chi connectivity index (χ3v) is 4.96. The summed E-state index contributed by atoms with van der Waals surface area (Å²) >= 11 is 3.80. The molecular formula is C10H14BrNOS2. The van der Waals surface area contributed by atoms with Gasteiger partial charge in [0, 0.05) is 9.85 Å². The summed E-state index contributed by atoms with van der Waals surface area (Å²) in [5, 5.41) is 1.99. The molecule has 1 atom stereocenters. The first-order valence-electron chi connectivity index (χ1n) is 4.52. The van der Waals surface area contributed by atoms with Gasteiger partial charge in [-0.3, -0.25) is 0 Å². The molecule has 0 saturated heterocycles. The van der Waals surface area contributed by atoms with Gasteiger partial charge in [-0.05, 0) is 49.7 Å². The van der Waals surface area contributed by atoms with E-state index in [1.807, 2.05) is 39.1 Å². The first-order chi connectivity index (χ1) is 6.80. The molecule has 5 heteroatoms. The van der Waals surface area contributed by atoms with Crippen molar-refractivity contribution in [3.8, 4) is 0 Å². The van der Waals surface area contributed by atoms with Crippen molar-refractivity contribution in [2.45, 2.75) is 32.4 Å². The van der Waals surface area contributed by atoms with E-state index in [1.165, 1.54) is 0 Å². The molecule has 0 bridgehead atoms.